The van der Waals surface area contributed by atoms with Crippen molar-refractivity contribution in [3.8, 4) is 0 Å². The molecule has 1 fully saturated rings. The summed E-state index contributed by atoms with van der Waals surface area (Å²) in [5.74, 6) is -0.0388. The van der Waals surface area contributed by atoms with Crippen LogP contribution < -0.4 is 10.6 Å². The van der Waals surface area contributed by atoms with Gasteiger partial charge in [-0.2, -0.15) is 0 Å². The van der Waals surface area contributed by atoms with E-state index in [-0.39, 0.29) is 23.4 Å². The van der Waals surface area contributed by atoms with Crippen molar-refractivity contribution in [1.29, 1.82) is 0 Å². The van der Waals surface area contributed by atoms with Crippen molar-refractivity contribution in [3.63, 3.8) is 0 Å². The van der Waals surface area contributed by atoms with Gasteiger partial charge in [-0.05, 0) is 74.7 Å². The molecule has 2 N–H and O–H groups in total. The lowest BCUT2D eigenvalue weighted by molar-refractivity contribution is -0.113. The van der Waals surface area contributed by atoms with Crippen molar-refractivity contribution in [1.82, 2.24) is 4.90 Å². The topological polar surface area (TPSA) is 73.8 Å². The molecule has 2 amide bonds. The number of rotatable bonds is 5. The van der Waals surface area contributed by atoms with Crippen LogP contribution in [0.2, 0.25) is 0 Å². The van der Waals surface area contributed by atoms with Gasteiger partial charge < -0.3 is 15.5 Å². The molecule has 6 nitrogen and oxygen atoms in total. The molecule has 0 saturated carbocycles. The maximum absolute atomic E-state index is 13.7. The highest BCUT2D eigenvalue weighted by atomic mass is 32.2. The van der Waals surface area contributed by atoms with E-state index in [1.807, 2.05) is 63.2 Å². The number of hydrogen-bond acceptors (Lipinski definition) is 5. The summed E-state index contributed by atoms with van der Waals surface area (Å²) in [6, 6.07) is 18.7. The fraction of sp³-hybridized carbons (Fsp3) is 0.233. The number of nitrogens with one attached hydrogen (secondary N) is 2. The molecule has 1 saturated heterocycles. The molecular weight excluding hydrogens is 499 g/mol. The van der Waals surface area contributed by atoms with Crippen molar-refractivity contribution in [2.24, 2.45) is 4.99 Å². The number of anilines is 2. The fourth-order valence-electron chi connectivity index (χ4n) is 4.83. The molecule has 3 aromatic carbocycles. The molecule has 0 bridgehead atoms. The molecule has 5 rings (SSSR count). The standard InChI is InChI=1S/C30H29FN4O2S/c1-18-8-13-25(19(2)16-18)34-29(37)26-20(3)32-30-35(14-5-15-38-30)27(26)21-9-11-24(12-10-21)33-28(36)22-6-4-7-23(31)17-22/h4,6-13,16-17,27H,5,14-15H2,1-3H3,(H,33,36)(H,34,37). The number of amidine groups is 1. The maximum Gasteiger partial charge on any atom is 0.255 e. The SMILES string of the molecule is CC1=C(C(=O)Nc2ccc(C)cc2C)C(c2ccc(NC(=O)c3cccc(F)c3)cc2)N2CCCSC2=N1. The maximum atomic E-state index is 13.7. The largest absolute Gasteiger partial charge is 0.340 e. The predicted octanol–water partition coefficient (Wildman–Crippen LogP) is 6.46. The van der Waals surface area contributed by atoms with E-state index < -0.39 is 5.82 Å². The van der Waals surface area contributed by atoms with E-state index in [4.69, 9.17) is 4.99 Å². The van der Waals surface area contributed by atoms with Crippen LogP contribution in [0.3, 0.4) is 0 Å². The highest BCUT2D eigenvalue weighted by Gasteiger charge is 2.37. The number of benzene rings is 3. The molecule has 0 aliphatic carbocycles. The molecule has 38 heavy (non-hydrogen) atoms. The van der Waals surface area contributed by atoms with Gasteiger partial charge in [0.05, 0.1) is 17.3 Å². The van der Waals surface area contributed by atoms with Crippen LogP contribution in [0.1, 0.15) is 46.4 Å². The minimum atomic E-state index is -0.462. The predicted molar refractivity (Wildman–Crippen MR) is 152 cm³/mol. The summed E-state index contributed by atoms with van der Waals surface area (Å²) in [7, 11) is 0. The smallest absolute Gasteiger partial charge is 0.255 e. The van der Waals surface area contributed by atoms with E-state index in [1.165, 1.54) is 18.2 Å². The zero-order valence-corrected chi connectivity index (χ0v) is 22.4. The van der Waals surface area contributed by atoms with Gasteiger partial charge in [0, 0.05) is 29.2 Å². The van der Waals surface area contributed by atoms with Crippen molar-refractivity contribution >= 4 is 40.1 Å². The normalized spacial score (nSPS) is 17.0. The Morgan fingerprint density at radius 1 is 0.974 bits per heavy atom. The molecule has 1 unspecified atom stereocenters. The summed E-state index contributed by atoms with van der Waals surface area (Å²) < 4.78 is 13.5. The lowest BCUT2D eigenvalue weighted by Crippen LogP contribution is -2.43. The lowest BCUT2D eigenvalue weighted by atomic mass is 9.93. The Kier molecular flexibility index (Phi) is 7.33. The summed E-state index contributed by atoms with van der Waals surface area (Å²) in [6.07, 6.45) is 0.993. The minimum Gasteiger partial charge on any atom is -0.340 e. The van der Waals surface area contributed by atoms with Gasteiger partial charge in [0.15, 0.2) is 5.17 Å². The molecule has 194 valence electrons. The van der Waals surface area contributed by atoms with Crippen molar-refractivity contribution in [3.05, 3.63) is 106 Å². The second-order valence-corrected chi connectivity index (χ2v) is 10.6. The van der Waals surface area contributed by atoms with Gasteiger partial charge in [-0.15, -0.1) is 0 Å². The molecule has 0 aromatic heterocycles. The third kappa shape index (κ3) is 5.36. The fourth-order valence-corrected chi connectivity index (χ4v) is 5.85. The number of thioether (sulfide) groups is 1. The third-order valence-corrected chi connectivity index (χ3v) is 7.78. The van der Waals surface area contributed by atoms with Crippen LogP contribution in [0.4, 0.5) is 15.8 Å². The van der Waals surface area contributed by atoms with E-state index in [1.54, 1.807) is 17.8 Å². The number of aryl methyl sites for hydroxylation is 2. The van der Waals surface area contributed by atoms with Crippen LogP contribution >= 0.6 is 11.8 Å². The number of nitrogens with zero attached hydrogens (tertiary/aromatic N) is 2. The van der Waals surface area contributed by atoms with E-state index in [0.717, 1.165) is 46.3 Å². The number of fused-ring (bicyclic) bond motifs is 1. The Hall–Kier alpha value is -3.91. The first kappa shape index (κ1) is 25.7. The highest BCUT2D eigenvalue weighted by Crippen LogP contribution is 2.40. The summed E-state index contributed by atoms with van der Waals surface area (Å²) in [6.45, 7) is 6.69. The van der Waals surface area contributed by atoms with E-state index in [0.29, 0.717) is 17.0 Å². The summed E-state index contributed by atoms with van der Waals surface area (Å²) in [5.41, 5.74) is 5.97. The number of hydrogen-bond donors (Lipinski definition) is 2. The molecular formula is C30H29FN4O2S. The molecule has 0 spiro atoms. The lowest BCUT2D eigenvalue weighted by Gasteiger charge is -2.41. The van der Waals surface area contributed by atoms with Gasteiger partial charge in [-0.1, -0.05) is 47.7 Å². The van der Waals surface area contributed by atoms with Gasteiger partial charge in [-0.3, -0.25) is 9.59 Å². The van der Waals surface area contributed by atoms with Gasteiger partial charge >= 0.3 is 0 Å². The van der Waals surface area contributed by atoms with Gasteiger partial charge in [0.25, 0.3) is 11.8 Å². The van der Waals surface area contributed by atoms with Crippen LogP contribution in [0.25, 0.3) is 0 Å². The molecule has 2 aliphatic heterocycles. The molecule has 2 aliphatic rings. The van der Waals surface area contributed by atoms with E-state index in [9.17, 15) is 14.0 Å². The molecule has 3 aromatic rings. The van der Waals surface area contributed by atoms with Crippen molar-refractivity contribution in [2.45, 2.75) is 33.2 Å². The van der Waals surface area contributed by atoms with Crippen LogP contribution in [-0.4, -0.2) is 34.2 Å². The second-order valence-electron chi connectivity index (χ2n) is 9.55. The Morgan fingerprint density at radius 3 is 2.50 bits per heavy atom. The zero-order valence-electron chi connectivity index (χ0n) is 21.5. The number of carbonyl (C=O) groups is 2. The number of halogens is 1. The average Bonchev–Trinajstić information content (AvgIpc) is 2.90. The van der Waals surface area contributed by atoms with Gasteiger partial charge in [0.2, 0.25) is 0 Å². The molecule has 8 heteroatoms. The molecule has 2 heterocycles. The number of allylic oxidation sites excluding steroid dienone is 1. The Balaban J connectivity index is 1.44. The van der Waals surface area contributed by atoms with E-state index >= 15 is 0 Å². The molecule has 0 radical (unpaired) electrons. The van der Waals surface area contributed by atoms with Gasteiger partial charge in [-0.25, -0.2) is 9.38 Å². The number of amides is 2. The Morgan fingerprint density at radius 2 is 1.76 bits per heavy atom. The summed E-state index contributed by atoms with van der Waals surface area (Å²) in [4.78, 5) is 33.3. The first-order chi connectivity index (χ1) is 18.3. The molecule has 1 atom stereocenters. The van der Waals surface area contributed by atoms with Crippen LogP contribution in [-0.2, 0) is 4.79 Å². The quantitative estimate of drug-likeness (QED) is 0.399. The third-order valence-electron chi connectivity index (χ3n) is 6.70. The minimum absolute atomic E-state index is 0.179. The number of aliphatic imine (C=N–C) groups is 1. The monoisotopic (exact) mass is 528 g/mol. The zero-order chi connectivity index (χ0) is 26.8. The highest BCUT2D eigenvalue weighted by molar-refractivity contribution is 8.13. The van der Waals surface area contributed by atoms with Crippen molar-refractivity contribution < 1.29 is 14.0 Å². The summed E-state index contributed by atoms with van der Waals surface area (Å²) in [5, 5.41) is 6.85. The number of carbonyl (C=O) groups excluding carboxylic acids is 2. The first-order valence-electron chi connectivity index (χ1n) is 12.5. The first-order valence-corrected chi connectivity index (χ1v) is 13.5. The summed E-state index contributed by atoms with van der Waals surface area (Å²) >= 11 is 1.70. The van der Waals surface area contributed by atoms with E-state index in [2.05, 4.69) is 15.5 Å². The average molecular weight is 529 g/mol. The van der Waals surface area contributed by atoms with Crippen molar-refractivity contribution in [2.75, 3.05) is 22.9 Å². The van der Waals surface area contributed by atoms with Crippen LogP contribution in [0, 0.1) is 19.7 Å². The van der Waals surface area contributed by atoms with Crippen LogP contribution in [0.5, 0.6) is 0 Å². The van der Waals surface area contributed by atoms with Crippen LogP contribution in [0.15, 0.2) is 83.0 Å². The van der Waals surface area contributed by atoms with Gasteiger partial charge in [0.1, 0.15) is 5.82 Å². The Bertz CT molecular complexity index is 1470. The Labute approximate surface area is 226 Å². The second kappa shape index (κ2) is 10.8.